The van der Waals surface area contributed by atoms with Gasteiger partial charge in [-0.2, -0.15) is 0 Å². The van der Waals surface area contributed by atoms with Crippen molar-refractivity contribution in [2.24, 2.45) is 5.41 Å². The second-order valence-corrected chi connectivity index (χ2v) is 3.58. The van der Waals surface area contributed by atoms with Gasteiger partial charge in [0.25, 0.3) is 5.78 Å². The van der Waals surface area contributed by atoms with Crippen molar-refractivity contribution in [2.45, 2.75) is 20.3 Å². The Balaban J connectivity index is 2.84. The van der Waals surface area contributed by atoms with E-state index < -0.39 is 5.78 Å². The summed E-state index contributed by atoms with van der Waals surface area (Å²) in [5.41, 5.74) is -0.0355. The molecule has 0 radical (unpaired) electrons. The fourth-order valence-electron chi connectivity index (χ4n) is 1.09. The van der Waals surface area contributed by atoms with Gasteiger partial charge in [-0.25, -0.2) is 0 Å². The van der Waals surface area contributed by atoms with Gasteiger partial charge < -0.3 is 4.74 Å². The summed E-state index contributed by atoms with van der Waals surface area (Å²) in [6.07, 6.45) is 2.88. The van der Waals surface area contributed by atoms with Crippen LogP contribution in [0.3, 0.4) is 0 Å². The van der Waals surface area contributed by atoms with E-state index in [0.29, 0.717) is 6.61 Å². The number of Topliss-reactive ketones (excluding diaryl/α,β-unsaturated/α-hetero) is 1. The average Bonchev–Trinajstić information content (AvgIpc) is 2.01. The van der Waals surface area contributed by atoms with E-state index >= 15 is 0 Å². The molecule has 0 atom stereocenters. The number of allylic oxidation sites excluding steroid dienone is 2. The molecule has 0 aromatic rings. The molecule has 0 aliphatic carbocycles. The van der Waals surface area contributed by atoms with Crippen LogP contribution in [0.4, 0.5) is 0 Å². The monoisotopic (exact) mass is 168 g/mol. The van der Waals surface area contributed by atoms with Crippen LogP contribution in [-0.2, 0) is 14.3 Å². The highest BCUT2D eigenvalue weighted by Gasteiger charge is 2.24. The lowest BCUT2D eigenvalue weighted by atomic mass is 9.87. The van der Waals surface area contributed by atoms with E-state index in [1.54, 1.807) is 6.08 Å². The molecule has 0 unspecified atom stereocenters. The lowest BCUT2D eigenvalue weighted by molar-refractivity contribution is -0.130. The summed E-state index contributed by atoms with van der Waals surface area (Å²) < 4.78 is 5.05. The fraction of sp³-hybridized carbons (Fsp3) is 0.556. The molecule has 0 fully saturated rings. The van der Waals surface area contributed by atoms with Crippen molar-refractivity contribution in [3.63, 3.8) is 0 Å². The fourth-order valence-corrected chi connectivity index (χ4v) is 1.09. The molecule has 0 N–H and O–H groups in total. The van der Waals surface area contributed by atoms with Crippen LogP contribution in [0.15, 0.2) is 11.8 Å². The van der Waals surface area contributed by atoms with Gasteiger partial charge in [0.1, 0.15) is 0 Å². The number of hydrogen-bond donors (Lipinski definition) is 0. The van der Waals surface area contributed by atoms with E-state index in [1.165, 1.54) is 0 Å². The summed E-state index contributed by atoms with van der Waals surface area (Å²) in [6.45, 7) is 4.53. The molecule has 1 heterocycles. The summed E-state index contributed by atoms with van der Waals surface area (Å²) in [5, 5.41) is 0. The van der Waals surface area contributed by atoms with Crippen molar-refractivity contribution in [1.82, 2.24) is 0 Å². The second-order valence-electron chi connectivity index (χ2n) is 3.58. The Hall–Kier alpha value is -1.12. The van der Waals surface area contributed by atoms with Crippen molar-refractivity contribution < 1.29 is 14.3 Å². The van der Waals surface area contributed by atoms with Gasteiger partial charge in [0, 0.05) is 0 Å². The van der Waals surface area contributed by atoms with Crippen LogP contribution >= 0.6 is 0 Å². The van der Waals surface area contributed by atoms with Gasteiger partial charge in [0.05, 0.1) is 6.61 Å². The van der Waals surface area contributed by atoms with Crippen LogP contribution in [-0.4, -0.2) is 18.7 Å². The molecular formula is C9H12O3. The number of ether oxygens (including phenoxy) is 1. The highest BCUT2D eigenvalue weighted by Crippen LogP contribution is 2.28. The molecule has 0 aromatic carbocycles. The Labute approximate surface area is 71.4 Å². The number of hydrogen-bond acceptors (Lipinski definition) is 3. The van der Waals surface area contributed by atoms with Gasteiger partial charge in [-0.3, -0.25) is 9.59 Å². The molecule has 0 aromatic heterocycles. The first-order valence-corrected chi connectivity index (χ1v) is 3.90. The molecule has 12 heavy (non-hydrogen) atoms. The lowest BCUT2D eigenvalue weighted by Crippen LogP contribution is -2.22. The number of ketones is 1. The Morgan fingerprint density at radius 1 is 1.67 bits per heavy atom. The third kappa shape index (κ3) is 1.94. The first kappa shape index (κ1) is 8.97. The predicted molar refractivity (Wildman–Crippen MR) is 43.5 cm³/mol. The smallest absolute Gasteiger partial charge is 0.259 e. The summed E-state index contributed by atoms with van der Waals surface area (Å²) in [7, 11) is 0. The van der Waals surface area contributed by atoms with Gasteiger partial charge >= 0.3 is 0 Å². The minimum absolute atomic E-state index is 0.0355. The molecule has 0 bridgehead atoms. The zero-order valence-corrected chi connectivity index (χ0v) is 7.29. The van der Waals surface area contributed by atoms with E-state index in [-0.39, 0.29) is 17.5 Å². The number of aldehydes is 1. The first-order chi connectivity index (χ1) is 5.55. The van der Waals surface area contributed by atoms with Crippen molar-refractivity contribution in [2.75, 3.05) is 6.61 Å². The Kier molecular flexibility index (Phi) is 2.31. The van der Waals surface area contributed by atoms with Crippen LogP contribution in [0.25, 0.3) is 0 Å². The Bertz CT molecular complexity index is 238. The molecular weight excluding hydrogens is 156 g/mol. The van der Waals surface area contributed by atoms with Crippen LogP contribution < -0.4 is 0 Å². The second kappa shape index (κ2) is 3.09. The molecule has 0 amide bonds. The first-order valence-electron chi connectivity index (χ1n) is 3.90. The summed E-state index contributed by atoms with van der Waals surface area (Å²) in [5.74, 6) is -0.371. The molecule has 1 aliphatic heterocycles. The highest BCUT2D eigenvalue weighted by atomic mass is 16.5. The predicted octanol–water partition coefficient (Wildman–Crippen LogP) is 1.08. The number of carbonyl (C=O) groups excluding carboxylic acids is 2. The lowest BCUT2D eigenvalue weighted by Gasteiger charge is -2.26. The summed E-state index contributed by atoms with van der Waals surface area (Å²) in [6, 6.07) is 0. The Morgan fingerprint density at radius 3 is 2.83 bits per heavy atom. The van der Waals surface area contributed by atoms with Crippen molar-refractivity contribution in [3.05, 3.63) is 11.8 Å². The third-order valence-electron chi connectivity index (χ3n) is 1.88. The van der Waals surface area contributed by atoms with Crippen LogP contribution in [0.5, 0.6) is 0 Å². The largest absolute Gasteiger partial charge is 0.490 e. The maximum Gasteiger partial charge on any atom is 0.259 e. The van der Waals surface area contributed by atoms with Crippen LogP contribution in [0.2, 0.25) is 0 Å². The van der Waals surface area contributed by atoms with Crippen LogP contribution in [0, 0.1) is 5.41 Å². The van der Waals surface area contributed by atoms with E-state index in [4.69, 9.17) is 4.74 Å². The molecule has 3 heteroatoms. The number of rotatable bonds is 2. The van der Waals surface area contributed by atoms with Gasteiger partial charge in [0.2, 0.25) is 0 Å². The maximum absolute atomic E-state index is 10.9. The summed E-state index contributed by atoms with van der Waals surface area (Å²) in [4.78, 5) is 21.0. The van der Waals surface area contributed by atoms with Crippen LogP contribution in [0.1, 0.15) is 20.3 Å². The highest BCUT2D eigenvalue weighted by molar-refractivity contribution is 6.32. The normalized spacial score (nSPS) is 20.7. The molecule has 3 nitrogen and oxygen atoms in total. The maximum atomic E-state index is 10.9. The van der Waals surface area contributed by atoms with Crippen molar-refractivity contribution in [1.29, 1.82) is 0 Å². The quantitative estimate of drug-likeness (QED) is 0.458. The summed E-state index contributed by atoms with van der Waals surface area (Å²) >= 11 is 0. The molecule has 0 saturated heterocycles. The van der Waals surface area contributed by atoms with Gasteiger partial charge in [-0.1, -0.05) is 13.8 Å². The Morgan fingerprint density at radius 2 is 2.33 bits per heavy atom. The van der Waals surface area contributed by atoms with Gasteiger partial charge in [0.15, 0.2) is 12.0 Å². The van der Waals surface area contributed by atoms with E-state index in [2.05, 4.69) is 0 Å². The van der Waals surface area contributed by atoms with E-state index in [0.717, 1.165) is 6.42 Å². The molecule has 1 aliphatic rings. The minimum Gasteiger partial charge on any atom is -0.490 e. The molecule has 66 valence electrons. The van der Waals surface area contributed by atoms with E-state index in [1.807, 2.05) is 13.8 Å². The SMILES string of the molecule is CC1(C)C=C(C(=O)C=O)OCC1. The van der Waals surface area contributed by atoms with E-state index in [9.17, 15) is 9.59 Å². The van der Waals surface area contributed by atoms with Gasteiger partial charge in [-0.15, -0.1) is 0 Å². The van der Waals surface area contributed by atoms with Crippen molar-refractivity contribution >= 4 is 12.1 Å². The molecule has 1 rings (SSSR count). The zero-order chi connectivity index (χ0) is 9.19. The third-order valence-corrected chi connectivity index (χ3v) is 1.88. The molecule has 0 spiro atoms. The van der Waals surface area contributed by atoms with Gasteiger partial charge in [-0.05, 0) is 17.9 Å². The standard InChI is InChI=1S/C9H12O3/c1-9(2)3-4-12-8(5-9)7(11)6-10/h5-6H,3-4H2,1-2H3. The minimum atomic E-state index is -0.567. The average molecular weight is 168 g/mol. The molecule has 0 saturated carbocycles. The number of carbonyl (C=O) groups is 2. The van der Waals surface area contributed by atoms with Crippen molar-refractivity contribution in [3.8, 4) is 0 Å². The topological polar surface area (TPSA) is 43.4 Å². The zero-order valence-electron chi connectivity index (χ0n) is 7.29.